The van der Waals surface area contributed by atoms with Crippen LogP contribution in [0, 0.1) is 0 Å². The minimum Gasteiger partial charge on any atom is -0.456 e. The zero-order valence-corrected chi connectivity index (χ0v) is 15.7. The van der Waals surface area contributed by atoms with Crippen LogP contribution in [0.15, 0.2) is 89.3 Å². The summed E-state index contributed by atoms with van der Waals surface area (Å²) in [6.07, 6.45) is 0. The van der Waals surface area contributed by atoms with Crippen molar-refractivity contribution in [3.63, 3.8) is 0 Å². The molecule has 0 saturated carbocycles. The average Bonchev–Trinajstić information content (AvgIpc) is 3.05. The largest absolute Gasteiger partial charge is 0.456 e. The summed E-state index contributed by atoms with van der Waals surface area (Å²) in [6.45, 7) is 0. The van der Waals surface area contributed by atoms with E-state index in [-0.39, 0.29) is 0 Å². The van der Waals surface area contributed by atoms with Crippen molar-refractivity contribution in [1.82, 2.24) is 0 Å². The van der Waals surface area contributed by atoms with Gasteiger partial charge in [-0.1, -0.05) is 66.7 Å². The molecule has 7 aromatic rings. The molecular weight excluding hydrogens is 360 g/mol. The Morgan fingerprint density at radius 2 is 1.21 bits per heavy atom. The number of rotatable bonds is 0. The molecule has 0 saturated heterocycles. The van der Waals surface area contributed by atoms with Crippen molar-refractivity contribution in [1.29, 1.82) is 0 Å². The molecule has 0 atom stereocenters. The second-order valence-electron chi connectivity index (χ2n) is 7.34. The van der Waals surface area contributed by atoms with Gasteiger partial charge in [-0.3, -0.25) is 0 Å². The van der Waals surface area contributed by atoms with E-state index in [0.29, 0.717) is 0 Å². The first-order valence-electron chi connectivity index (χ1n) is 9.45. The third kappa shape index (κ3) is 1.76. The van der Waals surface area contributed by atoms with Crippen LogP contribution in [0.5, 0.6) is 0 Å². The Labute approximate surface area is 164 Å². The van der Waals surface area contributed by atoms with E-state index in [4.69, 9.17) is 4.42 Å². The summed E-state index contributed by atoms with van der Waals surface area (Å²) in [7, 11) is 0. The van der Waals surface area contributed by atoms with Gasteiger partial charge in [0.2, 0.25) is 0 Å². The van der Waals surface area contributed by atoms with Crippen LogP contribution in [-0.4, -0.2) is 0 Å². The van der Waals surface area contributed by atoms with E-state index >= 15 is 0 Å². The maximum absolute atomic E-state index is 6.56. The molecule has 0 unspecified atom stereocenters. The zero-order chi connectivity index (χ0) is 18.2. The molecule has 28 heavy (non-hydrogen) atoms. The van der Waals surface area contributed by atoms with Gasteiger partial charge in [0.05, 0.1) is 0 Å². The molecule has 0 aliphatic carbocycles. The fourth-order valence-corrected chi connectivity index (χ4v) is 5.85. The molecule has 0 spiro atoms. The Morgan fingerprint density at radius 3 is 2.14 bits per heavy atom. The molecule has 2 heterocycles. The number of thiophene rings is 1. The van der Waals surface area contributed by atoms with E-state index in [1.165, 1.54) is 52.5 Å². The Bertz CT molecular complexity index is 1710. The summed E-state index contributed by atoms with van der Waals surface area (Å²) in [5, 5.41) is 10.1. The molecule has 0 aliphatic rings. The van der Waals surface area contributed by atoms with Crippen LogP contribution in [0.4, 0.5) is 0 Å². The third-order valence-corrected chi connectivity index (χ3v) is 6.96. The summed E-state index contributed by atoms with van der Waals surface area (Å²) < 4.78 is 9.15. The van der Waals surface area contributed by atoms with Crippen LogP contribution >= 0.6 is 11.3 Å². The van der Waals surface area contributed by atoms with E-state index in [2.05, 4.69) is 84.9 Å². The van der Waals surface area contributed by atoms with Crippen molar-refractivity contribution in [3.8, 4) is 0 Å². The lowest BCUT2D eigenvalue weighted by molar-refractivity contribution is 0.665. The molecule has 2 heteroatoms. The van der Waals surface area contributed by atoms with Crippen molar-refractivity contribution in [2.24, 2.45) is 0 Å². The lowest BCUT2D eigenvalue weighted by Gasteiger charge is -2.04. The molecule has 1 nitrogen and oxygen atoms in total. The molecule has 2 aromatic heterocycles. The molecule has 7 rings (SSSR count). The monoisotopic (exact) mass is 374 g/mol. The molecule has 0 amide bonds. The average molecular weight is 374 g/mol. The highest BCUT2D eigenvalue weighted by molar-refractivity contribution is 7.26. The number of benzene rings is 5. The molecule has 0 aliphatic heterocycles. The van der Waals surface area contributed by atoms with Crippen molar-refractivity contribution >= 4 is 75.0 Å². The smallest absolute Gasteiger partial charge is 0.137 e. The van der Waals surface area contributed by atoms with Crippen molar-refractivity contribution in [2.45, 2.75) is 0 Å². The second-order valence-corrected chi connectivity index (χ2v) is 8.42. The Balaban J connectivity index is 1.89. The number of hydrogen-bond donors (Lipinski definition) is 0. The normalized spacial score (nSPS) is 12.3. The summed E-state index contributed by atoms with van der Waals surface area (Å²) in [4.78, 5) is 0. The molecule has 5 aromatic carbocycles. The molecule has 0 N–H and O–H groups in total. The first kappa shape index (κ1) is 14.7. The summed E-state index contributed by atoms with van der Waals surface area (Å²) in [6, 6.07) is 30.4. The van der Waals surface area contributed by atoms with Crippen LogP contribution < -0.4 is 0 Å². The van der Waals surface area contributed by atoms with Gasteiger partial charge in [0.25, 0.3) is 0 Å². The van der Waals surface area contributed by atoms with E-state index in [9.17, 15) is 0 Å². The first-order valence-corrected chi connectivity index (χ1v) is 10.3. The van der Waals surface area contributed by atoms with Gasteiger partial charge in [-0.15, -0.1) is 11.3 Å². The van der Waals surface area contributed by atoms with Gasteiger partial charge in [0, 0.05) is 30.9 Å². The molecule has 130 valence electrons. The topological polar surface area (TPSA) is 13.1 Å². The van der Waals surface area contributed by atoms with Crippen LogP contribution in [0.3, 0.4) is 0 Å². The summed E-state index contributed by atoms with van der Waals surface area (Å²) >= 11 is 1.84. The lowest BCUT2D eigenvalue weighted by atomic mass is 9.97. The van der Waals surface area contributed by atoms with Crippen LogP contribution in [0.1, 0.15) is 0 Å². The molecule has 0 fully saturated rings. The lowest BCUT2D eigenvalue weighted by Crippen LogP contribution is -1.78. The Kier molecular flexibility index (Phi) is 2.68. The predicted octanol–water partition coefficient (Wildman–Crippen LogP) is 8.26. The van der Waals surface area contributed by atoms with E-state index in [1.54, 1.807) is 0 Å². The van der Waals surface area contributed by atoms with Crippen LogP contribution in [-0.2, 0) is 0 Å². The van der Waals surface area contributed by atoms with E-state index < -0.39 is 0 Å². The summed E-state index contributed by atoms with van der Waals surface area (Å²) in [5.41, 5.74) is 1.89. The van der Waals surface area contributed by atoms with Crippen molar-refractivity contribution < 1.29 is 4.42 Å². The van der Waals surface area contributed by atoms with Crippen LogP contribution in [0.2, 0.25) is 0 Å². The first-order chi connectivity index (χ1) is 13.9. The molecule has 0 bridgehead atoms. The Morgan fingerprint density at radius 1 is 0.500 bits per heavy atom. The minimum absolute atomic E-state index is 0.936. The third-order valence-electron chi connectivity index (χ3n) is 5.84. The van der Waals surface area contributed by atoms with E-state index in [0.717, 1.165) is 11.2 Å². The number of fused-ring (bicyclic) bond motifs is 5. The summed E-state index contributed by atoms with van der Waals surface area (Å²) in [5.74, 6) is 0. The second kappa shape index (κ2) is 5.12. The molecular formula is C26H14OS. The molecule has 0 radical (unpaired) electrons. The van der Waals surface area contributed by atoms with Crippen molar-refractivity contribution in [2.75, 3.05) is 0 Å². The van der Waals surface area contributed by atoms with Gasteiger partial charge in [-0.2, -0.15) is 0 Å². The van der Waals surface area contributed by atoms with Gasteiger partial charge in [0.1, 0.15) is 11.2 Å². The highest BCUT2D eigenvalue weighted by Crippen LogP contribution is 2.43. The van der Waals surface area contributed by atoms with Gasteiger partial charge < -0.3 is 4.42 Å². The maximum atomic E-state index is 6.56. The standard InChI is InChI=1S/C26H14OS/c1-2-13-22-18(8-1)26-19-11-5-10-17-16-9-3-6-15-7-4-12-20(24(15)16)27-21(25(17)19)14-23(26)28-22/h1-14H. The quantitative estimate of drug-likeness (QED) is 0.260. The highest BCUT2D eigenvalue weighted by atomic mass is 32.1. The van der Waals surface area contributed by atoms with Crippen LogP contribution in [0.25, 0.3) is 63.7 Å². The predicted molar refractivity (Wildman–Crippen MR) is 122 cm³/mol. The van der Waals surface area contributed by atoms with Gasteiger partial charge in [0.15, 0.2) is 0 Å². The van der Waals surface area contributed by atoms with Crippen molar-refractivity contribution in [3.05, 3.63) is 84.9 Å². The highest BCUT2D eigenvalue weighted by Gasteiger charge is 2.15. The number of hydrogen-bond acceptors (Lipinski definition) is 2. The SMILES string of the molecule is c1cc2cccc3c4cccc5c4c(cc4sc6ccccc6c45)oc(c1)c23. The Hall–Kier alpha value is -3.36. The van der Waals surface area contributed by atoms with Gasteiger partial charge in [-0.25, -0.2) is 0 Å². The fourth-order valence-electron chi connectivity index (χ4n) is 4.70. The zero-order valence-electron chi connectivity index (χ0n) is 14.9. The van der Waals surface area contributed by atoms with E-state index in [1.807, 2.05) is 11.3 Å². The van der Waals surface area contributed by atoms with Gasteiger partial charge in [-0.05, 0) is 39.7 Å². The van der Waals surface area contributed by atoms with Gasteiger partial charge >= 0.3 is 0 Å². The fraction of sp³-hybridized carbons (Fsp3) is 0. The maximum Gasteiger partial charge on any atom is 0.137 e. The minimum atomic E-state index is 0.936.